The summed E-state index contributed by atoms with van der Waals surface area (Å²) in [6.45, 7) is 3.26. The van der Waals surface area contributed by atoms with E-state index in [0.717, 1.165) is 46.6 Å². The molecule has 2 aromatic rings. The second-order valence-corrected chi connectivity index (χ2v) is 9.66. The van der Waals surface area contributed by atoms with Crippen LogP contribution in [0.3, 0.4) is 0 Å². The van der Waals surface area contributed by atoms with Crippen molar-refractivity contribution in [1.82, 2.24) is 10.2 Å². The fraction of sp³-hybridized carbons (Fsp3) is 0.391. The minimum absolute atomic E-state index is 0.150. The number of nitrogens with one attached hydrogen (secondary N) is 1. The number of sulfonamides is 1. The second-order valence-electron chi connectivity index (χ2n) is 7.75. The fourth-order valence-corrected chi connectivity index (χ4v) is 4.50. The highest BCUT2D eigenvalue weighted by Gasteiger charge is 2.22. The van der Waals surface area contributed by atoms with E-state index in [4.69, 9.17) is 0 Å². The largest absolute Gasteiger partial charge is 0.350 e. The van der Waals surface area contributed by atoms with Gasteiger partial charge in [0.2, 0.25) is 21.8 Å². The number of hydrogen-bond donors (Lipinski definition) is 1. The SMILES string of the molecule is CCc1ccc(N(CC(=O)NCc2ccccc2CN2CCCC2=O)S(C)(=O)=O)cc1. The minimum atomic E-state index is -3.62. The summed E-state index contributed by atoms with van der Waals surface area (Å²) in [4.78, 5) is 26.4. The number of carbonyl (C=O) groups excluding carboxylic acids is 2. The van der Waals surface area contributed by atoms with E-state index in [-0.39, 0.29) is 19.0 Å². The summed E-state index contributed by atoms with van der Waals surface area (Å²) in [6, 6.07) is 14.8. The topological polar surface area (TPSA) is 86.8 Å². The number of hydrogen-bond acceptors (Lipinski definition) is 4. The molecule has 8 heteroatoms. The van der Waals surface area contributed by atoms with Crippen molar-refractivity contribution in [3.8, 4) is 0 Å². The van der Waals surface area contributed by atoms with Crippen LogP contribution in [0.2, 0.25) is 0 Å². The number of anilines is 1. The van der Waals surface area contributed by atoms with Crippen molar-refractivity contribution in [2.75, 3.05) is 23.7 Å². The molecule has 7 nitrogen and oxygen atoms in total. The molecule has 3 rings (SSSR count). The Morgan fingerprint density at radius 2 is 1.77 bits per heavy atom. The third kappa shape index (κ3) is 6.07. The average Bonchev–Trinajstić information content (AvgIpc) is 3.15. The van der Waals surface area contributed by atoms with Gasteiger partial charge in [-0.25, -0.2) is 8.42 Å². The summed E-state index contributed by atoms with van der Waals surface area (Å²) in [5.41, 5.74) is 3.44. The Labute approximate surface area is 184 Å². The Balaban J connectivity index is 1.66. The van der Waals surface area contributed by atoms with Crippen molar-refractivity contribution in [3.05, 3.63) is 65.2 Å². The molecule has 1 aliphatic heterocycles. The summed E-state index contributed by atoms with van der Waals surface area (Å²) < 4.78 is 25.7. The van der Waals surface area contributed by atoms with Crippen molar-refractivity contribution in [1.29, 1.82) is 0 Å². The lowest BCUT2D eigenvalue weighted by Gasteiger charge is -2.22. The Kier molecular flexibility index (Phi) is 7.33. The molecule has 0 bridgehead atoms. The van der Waals surface area contributed by atoms with Crippen LogP contribution in [0.25, 0.3) is 0 Å². The van der Waals surface area contributed by atoms with Crippen molar-refractivity contribution in [3.63, 3.8) is 0 Å². The zero-order valence-electron chi connectivity index (χ0n) is 18.0. The predicted octanol–water partition coefficient (Wildman–Crippen LogP) is 2.45. The Bertz CT molecular complexity index is 1040. The van der Waals surface area contributed by atoms with Crippen LogP contribution in [-0.2, 0) is 39.1 Å². The quantitative estimate of drug-likeness (QED) is 0.645. The van der Waals surface area contributed by atoms with Gasteiger partial charge in [-0.1, -0.05) is 43.3 Å². The van der Waals surface area contributed by atoms with Crippen molar-refractivity contribution >= 4 is 27.5 Å². The highest BCUT2D eigenvalue weighted by molar-refractivity contribution is 7.92. The molecular weight excluding hydrogens is 414 g/mol. The average molecular weight is 444 g/mol. The van der Waals surface area contributed by atoms with E-state index in [0.29, 0.717) is 18.7 Å². The molecule has 166 valence electrons. The number of amides is 2. The van der Waals surface area contributed by atoms with Gasteiger partial charge in [0.1, 0.15) is 6.54 Å². The van der Waals surface area contributed by atoms with Gasteiger partial charge < -0.3 is 10.2 Å². The van der Waals surface area contributed by atoms with Gasteiger partial charge in [0.25, 0.3) is 0 Å². The smallest absolute Gasteiger partial charge is 0.241 e. The maximum absolute atomic E-state index is 12.6. The number of likely N-dealkylation sites (tertiary alicyclic amines) is 1. The van der Waals surface area contributed by atoms with E-state index >= 15 is 0 Å². The molecule has 31 heavy (non-hydrogen) atoms. The lowest BCUT2D eigenvalue weighted by atomic mass is 10.1. The normalized spacial score (nSPS) is 14.0. The summed E-state index contributed by atoms with van der Waals surface area (Å²) in [6.07, 6.45) is 3.40. The van der Waals surface area contributed by atoms with Gasteiger partial charge in [0, 0.05) is 26.1 Å². The Morgan fingerprint density at radius 3 is 2.35 bits per heavy atom. The first-order valence-corrected chi connectivity index (χ1v) is 12.3. The molecule has 1 fully saturated rings. The molecular formula is C23H29N3O4S. The van der Waals surface area contributed by atoms with Gasteiger partial charge in [-0.3, -0.25) is 13.9 Å². The number of benzene rings is 2. The molecule has 1 heterocycles. The van der Waals surface area contributed by atoms with E-state index < -0.39 is 15.9 Å². The second kappa shape index (κ2) is 9.96. The van der Waals surface area contributed by atoms with E-state index in [9.17, 15) is 18.0 Å². The van der Waals surface area contributed by atoms with Crippen LogP contribution in [0, 0.1) is 0 Å². The minimum Gasteiger partial charge on any atom is -0.350 e. The number of nitrogens with zero attached hydrogens (tertiary/aromatic N) is 2. The molecule has 0 radical (unpaired) electrons. The van der Waals surface area contributed by atoms with Gasteiger partial charge in [0.15, 0.2) is 0 Å². The molecule has 1 aliphatic rings. The third-order valence-corrected chi connectivity index (χ3v) is 6.59. The van der Waals surface area contributed by atoms with E-state index in [1.807, 2.05) is 48.2 Å². The number of carbonyl (C=O) groups is 2. The summed E-state index contributed by atoms with van der Waals surface area (Å²) in [5.74, 6) is -0.242. The fourth-order valence-electron chi connectivity index (χ4n) is 3.64. The Hall–Kier alpha value is -2.87. The van der Waals surface area contributed by atoms with Crippen LogP contribution in [-0.4, -0.2) is 44.5 Å². The molecule has 2 aromatic carbocycles. The van der Waals surface area contributed by atoms with Crippen LogP contribution in [0.15, 0.2) is 48.5 Å². The van der Waals surface area contributed by atoms with Crippen LogP contribution in [0.4, 0.5) is 5.69 Å². The molecule has 2 amide bonds. The van der Waals surface area contributed by atoms with E-state index in [1.165, 1.54) is 0 Å². The highest BCUT2D eigenvalue weighted by atomic mass is 32.2. The molecule has 0 atom stereocenters. The van der Waals surface area contributed by atoms with Gasteiger partial charge >= 0.3 is 0 Å². The monoisotopic (exact) mass is 443 g/mol. The Morgan fingerprint density at radius 1 is 1.10 bits per heavy atom. The van der Waals surface area contributed by atoms with E-state index in [1.54, 1.807) is 12.1 Å². The maximum atomic E-state index is 12.6. The van der Waals surface area contributed by atoms with Crippen molar-refractivity contribution in [2.45, 2.75) is 39.3 Å². The zero-order valence-corrected chi connectivity index (χ0v) is 18.8. The van der Waals surface area contributed by atoms with Crippen molar-refractivity contribution < 1.29 is 18.0 Å². The lowest BCUT2D eigenvalue weighted by molar-refractivity contribution is -0.128. The summed E-state index contributed by atoms with van der Waals surface area (Å²) in [5, 5.41) is 2.82. The number of rotatable bonds is 9. The lowest BCUT2D eigenvalue weighted by Crippen LogP contribution is -2.40. The van der Waals surface area contributed by atoms with Crippen LogP contribution < -0.4 is 9.62 Å². The molecule has 0 saturated carbocycles. The number of aryl methyl sites for hydroxylation is 1. The van der Waals surface area contributed by atoms with Gasteiger partial charge in [-0.05, 0) is 41.7 Å². The molecule has 0 spiro atoms. The molecule has 1 N–H and O–H groups in total. The molecule has 0 aliphatic carbocycles. The van der Waals surface area contributed by atoms with E-state index in [2.05, 4.69) is 5.32 Å². The van der Waals surface area contributed by atoms with Gasteiger partial charge in [0.05, 0.1) is 11.9 Å². The zero-order chi connectivity index (χ0) is 22.4. The summed E-state index contributed by atoms with van der Waals surface area (Å²) >= 11 is 0. The third-order valence-electron chi connectivity index (χ3n) is 5.45. The molecule has 0 aromatic heterocycles. The van der Waals surface area contributed by atoms with Crippen LogP contribution in [0.5, 0.6) is 0 Å². The first-order valence-electron chi connectivity index (χ1n) is 10.5. The predicted molar refractivity (Wildman–Crippen MR) is 121 cm³/mol. The first kappa shape index (κ1) is 22.8. The van der Waals surface area contributed by atoms with Gasteiger partial charge in [-0.2, -0.15) is 0 Å². The van der Waals surface area contributed by atoms with Crippen LogP contribution >= 0.6 is 0 Å². The van der Waals surface area contributed by atoms with Crippen molar-refractivity contribution in [2.24, 2.45) is 0 Å². The van der Waals surface area contributed by atoms with Crippen LogP contribution in [0.1, 0.15) is 36.5 Å². The first-order chi connectivity index (χ1) is 14.8. The highest BCUT2D eigenvalue weighted by Crippen LogP contribution is 2.19. The molecule has 0 unspecified atom stereocenters. The summed E-state index contributed by atoms with van der Waals surface area (Å²) in [7, 11) is -3.62. The maximum Gasteiger partial charge on any atom is 0.241 e. The standard InChI is InChI=1S/C23H29N3O4S/c1-3-18-10-12-21(13-11-18)26(31(2,29)30)17-22(27)24-15-19-7-4-5-8-20(19)16-25-14-6-9-23(25)28/h4-5,7-8,10-13H,3,6,9,14-17H2,1-2H3,(H,24,27). The molecule has 1 saturated heterocycles. The van der Waals surface area contributed by atoms with Gasteiger partial charge in [-0.15, -0.1) is 0 Å².